The van der Waals surface area contributed by atoms with Gasteiger partial charge in [0, 0.05) is 11.3 Å². The highest BCUT2D eigenvalue weighted by molar-refractivity contribution is 5.88. The molecule has 1 aliphatic rings. The molecule has 0 spiro atoms. The molecule has 0 heterocycles. The number of carbonyl (C=O) groups is 1. The summed E-state index contributed by atoms with van der Waals surface area (Å²) in [5.74, 6) is 1.58. The number of carbonyl (C=O) groups excluding carboxylic acids is 1. The summed E-state index contributed by atoms with van der Waals surface area (Å²) < 4.78 is 0. The molecule has 0 N–H and O–H groups in total. The summed E-state index contributed by atoms with van der Waals surface area (Å²) in [6, 6.07) is 0. The van der Waals surface area contributed by atoms with Gasteiger partial charge in [0.25, 0.3) is 0 Å². The molecule has 0 aromatic rings. The molecular formula is C10H18O. The van der Waals surface area contributed by atoms with Gasteiger partial charge in [-0.1, -0.05) is 34.1 Å². The lowest BCUT2D eigenvalue weighted by Crippen LogP contribution is -2.22. The Labute approximate surface area is 69.2 Å². The zero-order chi connectivity index (χ0) is 8.65. The molecule has 1 rings (SSSR count). The number of hydrogen-bond donors (Lipinski definition) is 0. The molecule has 1 saturated carbocycles. The Balaban J connectivity index is 2.46. The quantitative estimate of drug-likeness (QED) is 0.597. The minimum absolute atomic E-state index is 0.116. The van der Waals surface area contributed by atoms with Crippen LogP contribution in [0.1, 0.15) is 40.5 Å². The molecule has 11 heavy (non-hydrogen) atoms. The first-order valence-electron chi connectivity index (χ1n) is 4.51. The summed E-state index contributed by atoms with van der Waals surface area (Å²) in [5.41, 5.74) is -0.116. The molecule has 1 nitrogen and oxygen atoms in total. The van der Waals surface area contributed by atoms with E-state index in [0.717, 1.165) is 6.42 Å². The first-order valence-corrected chi connectivity index (χ1v) is 4.51. The molecule has 0 bridgehead atoms. The van der Waals surface area contributed by atoms with Gasteiger partial charge in [0.2, 0.25) is 0 Å². The van der Waals surface area contributed by atoms with Gasteiger partial charge in [0.05, 0.1) is 0 Å². The maximum atomic E-state index is 11.6. The Morgan fingerprint density at radius 3 is 2.27 bits per heavy atom. The number of hydrogen-bond acceptors (Lipinski definition) is 1. The van der Waals surface area contributed by atoms with Crippen LogP contribution in [0.3, 0.4) is 0 Å². The van der Waals surface area contributed by atoms with Crippen LogP contribution in [0.2, 0.25) is 0 Å². The molecule has 0 aromatic heterocycles. The van der Waals surface area contributed by atoms with Crippen LogP contribution in [0.25, 0.3) is 0 Å². The van der Waals surface area contributed by atoms with Gasteiger partial charge < -0.3 is 0 Å². The highest BCUT2D eigenvalue weighted by atomic mass is 16.1. The summed E-state index contributed by atoms with van der Waals surface area (Å²) in [6.07, 6.45) is 2.32. The highest BCUT2D eigenvalue weighted by Crippen LogP contribution is 2.45. The maximum Gasteiger partial charge on any atom is 0.141 e. The molecule has 2 unspecified atom stereocenters. The average Bonchev–Trinajstić information content (AvgIpc) is 2.62. The van der Waals surface area contributed by atoms with Gasteiger partial charge in [-0.25, -0.2) is 0 Å². The first kappa shape index (κ1) is 8.76. The van der Waals surface area contributed by atoms with Crippen molar-refractivity contribution in [2.24, 2.45) is 17.3 Å². The zero-order valence-electron chi connectivity index (χ0n) is 7.98. The molecule has 1 aliphatic carbocycles. The van der Waals surface area contributed by atoms with E-state index in [4.69, 9.17) is 0 Å². The summed E-state index contributed by atoms with van der Waals surface area (Å²) in [4.78, 5) is 11.6. The van der Waals surface area contributed by atoms with E-state index in [9.17, 15) is 4.79 Å². The SMILES string of the molecule is CCC1CC1C(=O)C(C)(C)C. The molecular weight excluding hydrogens is 136 g/mol. The predicted octanol–water partition coefficient (Wildman–Crippen LogP) is 2.65. The maximum absolute atomic E-state index is 11.6. The summed E-state index contributed by atoms with van der Waals surface area (Å²) in [7, 11) is 0. The van der Waals surface area contributed by atoms with E-state index in [1.165, 1.54) is 6.42 Å². The molecule has 64 valence electrons. The van der Waals surface area contributed by atoms with Crippen molar-refractivity contribution in [2.75, 3.05) is 0 Å². The second kappa shape index (κ2) is 2.62. The van der Waals surface area contributed by atoms with Crippen molar-refractivity contribution in [1.29, 1.82) is 0 Å². The van der Waals surface area contributed by atoms with Crippen LogP contribution < -0.4 is 0 Å². The topological polar surface area (TPSA) is 17.1 Å². The Morgan fingerprint density at radius 1 is 1.45 bits per heavy atom. The van der Waals surface area contributed by atoms with Crippen LogP contribution in [-0.2, 0) is 4.79 Å². The van der Waals surface area contributed by atoms with Crippen LogP contribution in [0, 0.1) is 17.3 Å². The predicted molar refractivity (Wildman–Crippen MR) is 46.4 cm³/mol. The fraction of sp³-hybridized carbons (Fsp3) is 0.900. The van der Waals surface area contributed by atoms with E-state index in [1.807, 2.05) is 20.8 Å². The van der Waals surface area contributed by atoms with E-state index in [-0.39, 0.29) is 5.41 Å². The molecule has 0 aromatic carbocycles. The van der Waals surface area contributed by atoms with E-state index in [2.05, 4.69) is 6.92 Å². The lowest BCUT2D eigenvalue weighted by molar-refractivity contribution is -0.127. The lowest BCUT2D eigenvalue weighted by atomic mass is 9.87. The largest absolute Gasteiger partial charge is 0.299 e. The molecule has 2 atom stereocenters. The highest BCUT2D eigenvalue weighted by Gasteiger charge is 2.44. The number of Topliss-reactive ketones (excluding diaryl/α,β-unsaturated/α-hetero) is 1. The van der Waals surface area contributed by atoms with E-state index in [0.29, 0.717) is 17.6 Å². The van der Waals surface area contributed by atoms with E-state index < -0.39 is 0 Å². The van der Waals surface area contributed by atoms with Crippen LogP contribution in [0.4, 0.5) is 0 Å². The first-order chi connectivity index (χ1) is 4.96. The second-order valence-electron chi connectivity index (χ2n) is 4.62. The van der Waals surface area contributed by atoms with Crippen LogP contribution in [0.15, 0.2) is 0 Å². The third-order valence-electron chi connectivity index (χ3n) is 2.52. The van der Waals surface area contributed by atoms with Crippen molar-refractivity contribution in [3.05, 3.63) is 0 Å². The minimum atomic E-state index is -0.116. The monoisotopic (exact) mass is 154 g/mol. The Morgan fingerprint density at radius 2 is 2.00 bits per heavy atom. The summed E-state index contributed by atoms with van der Waals surface area (Å²) >= 11 is 0. The fourth-order valence-corrected chi connectivity index (χ4v) is 1.58. The summed E-state index contributed by atoms with van der Waals surface area (Å²) in [5, 5.41) is 0. The fourth-order valence-electron chi connectivity index (χ4n) is 1.58. The number of ketones is 1. The van der Waals surface area contributed by atoms with E-state index >= 15 is 0 Å². The average molecular weight is 154 g/mol. The zero-order valence-corrected chi connectivity index (χ0v) is 7.98. The third-order valence-corrected chi connectivity index (χ3v) is 2.52. The lowest BCUT2D eigenvalue weighted by Gasteiger charge is -2.15. The van der Waals surface area contributed by atoms with Gasteiger partial charge in [-0.05, 0) is 12.3 Å². The summed E-state index contributed by atoms with van der Waals surface area (Å²) in [6.45, 7) is 8.21. The molecule has 0 saturated heterocycles. The van der Waals surface area contributed by atoms with Gasteiger partial charge in [-0.3, -0.25) is 4.79 Å². The van der Waals surface area contributed by atoms with Crippen molar-refractivity contribution < 1.29 is 4.79 Å². The minimum Gasteiger partial charge on any atom is -0.299 e. The smallest absolute Gasteiger partial charge is 0.141 e. The molecule has 1 fully saturated rings. The van der Waals surface area contributed by atoms with Crippen molar-refractivity contribution in [2.45, 2.75) is 40.5 Å². The Hall–Kier alpha value is -0.330. The van der Waals surface area contributed by atoms with Gasteiger partial charge in [0.1, 0.15) is 5.78 Å². The van der Waals surface area contributed by atoms with Gasteiger partial charge in [0.15, 0.2) is 0 Å². The molecule has 0 radical (unpaired) electrons. The van der Waals surface area contributed by atoms with E-state index in [1.54, 1.807) is 0 Å². The van der Waals surface area contributed by atoms with Crippen LogP contribution in [-0.4, -0.2) is 5.78 Å². The standard InChI is InChI=1S/C10H18O/c1-5-7-6-8(7)9(11)10(2,3)4/h7-8H,5-6H2,1-4H3. The van der Waals surface area contributed by atoms with Gasteiger partial charge in [-0.15, -0.1) is 0 Å². The normalized spacial score (nSPS) is 30.2. The van der Waals surface area contributed by atoms with Crippen LogP contribution in [0.5, 0.6) is 0 Å². The second-order valence-corrected chi connectivity index (χ2v) is 4.62. The molecule has 1 heteroatoms. The van der Waals surface area contributed by atoms with Crippen molar-refractivity contribution >= 4 is 5.78 Å². The van der Waals surface area contributed by atoms with Gasteiger partial charge >= 0.3 is 0 Å². The number of rotatable bonds is 2. The van der Waals surface area contributed by atoms with Gasteiger partial charge in [-0.2, -0.15) is 0 Å². The molecule has 0 aliphatic heterocycles. The molecule has 0 amide bonds. The van der Waals surface area contributed by atoms with Crippen molar-refractivity contribution in [1.82, 2.24) is 0 Å². The Kier molecular flexibility index (Phi) is 2.08. The van der Waals surface area contributed by atoms with Crippen LogP contribution >= 0.6 is 0 Å². The third kappa shape index (κ3) is 1.82. The van der Waals surface area contributed by atoms with Crippen molar-refractivity contribution in [3.63, 3.8) is 0 Å². The Bertz CT molecular complexity index is 164. The van der Waals surface area contributed by atoms with Crippen molar-refractivity contribution in [3.8, 4) is 0 Å².